The van der Waals surface area contributed by atoms with E-state index in [-0.39, 0.29) is 23.8 Å². The van der Waals surface area contributed by atoms with Crippen LogP contribution >= 0.6 is 11.7 Å². The highest BCUT2D eigenvalue weighted by molar-refractivity contribution is 7.89. The molecule has 0 fully saturated rings. The van der Waals surface area contributed by atoms with Gasteiger partial charge in [0, 0.05) is 6.54 Å². The number of benzene rings is 1. The Morgan fingerprint density at radius 3 is 2.90 bits per heavy atom. The Morgan fingerprint density at radius 2 is 2.24 bits per heavy atom. The quantitative estimate of drug-likeness (QED) is 0.350. The molecule has 2 rings (SSSR count). The molecule has 0 aliphatic carbocycles. The van der Waals surface area contributed by atoms with Gasteiger partial charge in [0.15, 0.2) is 5.84 Å². The van der Waals surface area contributed by atoms with Gasteiger partial charge in [-0.05, 0) is 18.6 Å². The molecule has 8 nitrogen and oxygen atoms in total. The number of hydrogen-bond acceptors (Lipinski definition) is 7. The number of nitrogens with two attached hydrogens (primary N) is 1. The van der Waals surface area contributed by atoms with Gasteiger partial charge in [-0.15, -0.1) is 0 Å². The summed E-state index contributed by atoms with van der Waals surface area (Å²) in [7, 11) is -3.80. The molecule has 0 amide bonds. The molecule has 2 aromatic rings. The Balaban J connectivity index is 2.49. The average molecular weight is 329 g/mol. The predicted molar refractivity (Wildman–Crippen MR) is 79.9 cm³/mol. The van der Waals surface area contributed by atoms with E-state index in [1.807, 2.05) is 6.92 Å². The van der Waals surface area contributed by atoms with Crippen LogP contribution in [-0.2, 0) is 10.0 Å². The molecule has 0 unspecified atom stereocenters. The van der Waals surface area contributed by atoms with E-state index in [4.69, 9.17) is 10.9 Å². The van der Waals surface area contributed by atoms with Gasteiger partial charge in [-0.1, -0.05) is 18.1 Å². The molecule has 1 heterocycles. The van der Waals surface area contributed by atoms with Crippen molar-refractivity contribution >= 4 is 38.6 Å². The number of oxime groups is 1. The van der Waals surface area contributed by atoms with E-state index in [1.54, 1.807) is 12.1 Å². The Morgan fingerprint density at radius 1 is 1.48 bits per heavy atom. The second kappa shape index (κ2) is 6.33. The number of sulfonamides is 1. The van der Waals surface area contributed by atoms with Gasteiger partial charge in [-0.25, -0.2) is 8.42 Å². The number of rotatable bonds is 6. The minimum absolute atomic E-state index is 0.0768. The molecular weight excluding hydrogens is 314 g/mol. The maximum Gasteiger partial charge on any atom is 0.245 e. The van der Waals surface area contributed by atoms with Crippen LogP contribution < -0.4 is 5.73 Å². The lowest BCUT2D eigenvalue weighted by Crippen LogP contribution is -2.39. The van der Waals surface area contributed by atoms with Crippen LogP contribution in [0.2, 0.25) is 0 Å². The molecule has 10 heteroatoms. The van der Waals surface area contributed by atoms with Crippen LogP contribution in [0.3, 0.4) is 0 Å². The highest BCUT2D eigenvalue weighted by Crippen LogP contribution is 2.24. The van der Waals surface area contributed by atoms with Crippen molar-refractivity contribution in [1.29, 1.82) is 0 Å². The van der Waals surface area contributed by atoms with Crippen molar-refractivity contribution < 1.29 is 13.6 Å². The fourth-order valence-corrected chi connectivity index (χ4v) is 4.13. The highest BCUT2D eigenvalue weighted by atomic mass is 32.2. The summed E-state index contributed by atoms with van der Waals surface area (Å²) in [5, 5.41) is 11.5. The van der Waals surface area contributed by atoms with E-state index >= 15 is 0 Å². The van der Waals surface area contributed by atoms with E-state index in [0.29, 0.717) is 17.5 Å². The van der Waals surface area contributed by atoms with Gasteiger partial charge in [0.25, 0.3) is 0 Å². The van der Waals surface area contributed by atoms with Crippen LogP contribution in [0, 0.1) is 0 Å². The van der Waals surface area contributed by atoms with Crippen LogP contribution in [-0.4, -0.2) is 45.6 Å². The number of hydrogen-bond donors (Lipinski definition) is 2. The van der Waals surface area contributed by atoms with Gasteiger partial charge in [0.05, 0.1) is 18.3 Å². The third-order valence-corrected chi connectivity index (χ3v) is 5.23. The molecule has 1 aromatic carbocycles. The van der Waals surface area contributed by atoms with Crippen molar-refractivity contribution in [1.82, 2.24) is 13.1 Å². The summed E-state index contributed by atoms with van der Waals surface area (Å²) < 4.78 is 34.8. The topological polar surface area (TPSA) is 122 Å². The molecule has 0 aliphatic rings. The first kappa shape index (κ1) is 15.6. The van der Waals surface area contributed by atoms with E-state index in [2.05, 4.69) is 13.9 Å². The lowest BCUT2D eigenvalue weighted by atomic mass is 10.3. The zero-order valence-corrected chi connectivity index (χ0v) is 12.9. The normalized spacial score (nSPS) is 13.1. The lowest BCUT2D eigenvalue weighted by Gasteiger charge is -2.20. The first-order valence-corrected chi connectivity index (χ1v) is 8.35. The smallest absolute Gasteiger partial charge is 0.245 e. The number of fused-ring (bicyclic) bond motifs is 1. The fraction of sp³-hybridized carbons (Fsp3) is 0.364. The van der Waals surface area contributed by atoms with Gasteiger partial charge in [0.2, 0.25) is 10.0 Å². The molecule has 0 atom stereocenters. The summed E-state index contributed by atoms with van der Waals surface area (Å²) in [6, 6.07) is 4.80. The highest BCUT2D eigenvalue weighted by Gasteiger charge is 2.27. The Labute approximate surface area is 126 Å². The maximum absolute atomic E-state index is 12.8. The summed E-state index contributed by atoms with van der Waals surface area (Å²) in [4.78, 5) is 0.0768. The van der Waals surface area contributed by atoms with Crippen molar-refractivity contribution in [3.05, 3.63) is 18.2 Å². The molecule has 0 radical (unpaired) electrons. The minimum atomic E-state index is -3.80. The average Bonchev–Trinajstić information content (AvgIpc) is 2.94. The predicted octanol–water partition coefficient (Wildman–Crippen LogP) is 0.838. The van der Waals surface area contributed by atoms with Crippen molar-refractivity contribution in [3.8, 4) is 0 Å². The van der Waals surface area contributed by atoms with Crippen LogP contribution in [0.25, 0.3) is 11.0 Å². The standard InChI is InChI=1S/C11H15N5O3S2/c1-2-6-16(7-10(12)13-17)21(18,19)9-5-3-4-8-11(9)15-20-14-8/h3-5,17H,2,6-7H2,1H3,(H2,12,13). The van der Waals surface area contributed by atoms with Gasteiger partial charge in [0.1, 0.15) is 15.9 Å². The SMILES string of the molecule is CCCN(CC(N)=NO)S(=O)(=O)c1cccc2nsnc12. The van der Waals surface area contributed by atoms with Gasteiger partial charge in [-0.3, -0.25) is 0 Å². The van der Waals surface area contributed by atoms with Crippen molar-refractivity contribution in [2.45, 2.75) is 18.2 Å². The first-order chi connectivity index (χ1) is 10.0. The zero-order valence-electron chi connectivity index (χ0n) is 11.3. The maximum atomic E-state index is 12.8. The van der Waals surface area contributed by atoms with Crippen LogP contribution in [0.4, 0.5) is 0 Å². The largest absolute Gasteiger partial charge is 0.409 e. The molecule has 21 heavy (non-hydrogen) atoms. The summed E-state index contributed by atoms with van der Waals surface area (Å²) >= 11 is 0.955. The third kappa shape index (κ3) is 3.12. The third-order valence-electron chi connectivity index (χ3n) is 2.81. The van der Waals surface area contributed by atoms with Crippen molar-refractivity contribution in [2.24, 2.45) is 10.9 Å². The molecule has 0 spiro atoms. The zero-order chi connectivity index (χ0) is 15.5. The molecule has 0 aliphatic heterocycles. The second-order valence-electron chi connectivity index (χ2n) is 4.32. The number of amidine groups is 1. The summed E-state index contributed by atoms with van der Waals surface area (Å²) in [5.41, 5.74) is 6.30. The van der Waals surface area contributed by atoms with Gasteiger partial charge in [-0.2, -0.15) is 13.1 Å². The summed E-state index contributed by atoms with van der Waals surface area (Å²) in [6.07, 6.45) is 0.600. The molecular formula is C11H15N5O3S2. The monoisotopic (exact) mass is 329 g/mol. The van der Waals surface area contributed by atoms with Crippen LogP contribution in [0.15, 0.2) is 28.3 Å². The first-order valence-electron chi connectivity index (χ1n) is 6.18. The van der Waals surface area contributed by atoms with Crippen molar-refractivity contribution in [2.75, 3.05) is 13.1 Å². The lowest BCUT2D eigenvalue weighted by molar-refractivity contribution is 0.314. The van der Waals surface area contributed by atoms with Gasteiger partial charge < -0.3 is 10.9 Å². The van der Waals surface area contributed by atoms with Gasteiger partial charge >= 0.3 is 0 Å². The Bertz CT molecular complexity index is 756. The molecule has 0 saturated carbocycles. The van der Waals surface area contributed by atoms with Crippen LogP contribution in [0.1, 0.15) is 13.3 Å². The Kier molecular flexibility index (Phi) is 4.70. The number of nitrogens with zero attached hydrogens (tertiary/aromatic N) is 4. The number of aromatic nitrogens is 2. The van der Waals surface area contributed by atoms with E-state index < -0.39 is 10.0 Å². The van der Waals surface area contributed by atoms with Crippen LogP contribution in [0.5, 0.6) is 0 Å². The summed E-state index contributed by atoms with van der Waals surface area (Å²) in [6.45, 7) is 1.92. The van der Waals surface area contributed by atoms with E-state index in [0.717, 1.165) is 16.0 Å². The molecule has 0 saturated heterocycles. The molecule has 114 valence electrons. The molecule has 1 aromatic heterocycles. The molecule has 0 bridgehead atoms. The summed E-state index contributed by atoms with van der Waals surface area (Å²) in [5.74, 6) is -0.171. The van der Waals surface area contributed by atoms with E-state index in [9.17, 15) is 8.42 Å². The Hall–Kier alpha value is -1.78. The fourth-order valence-electron chi connectivity index (χ4n) is 1.87. The molecule has 3 N–H and O–H groups in total. The van der Waals surface area contributed by atoms with E-state index in [1.165, 1.54) is 6.07 Å². The van der Waals surface area contributed by atoms with Crippen molar-refractivity contribution in [3.63, 3.8) is 0 Å². The second-order valence-corrected chi connectivity index (χ2v) is 6.75. The minimum Gasteiger partial charge on any atom is -0.409 e.